The number of carbonyl (C=O) groups is 1. The summed E-state index contributed by atoms with van der Waals surface area (Å²) in [6.07, 6.45) is 1.30. The molecular weight excluding hydrogens is 438 g/mol. The highest BCUT2D eigenvalue weighted by molar-refractivity contribution is 9.10. The van der Waals surface area contributed by atoms with Crippen molar-refractivity contribution in [1.29, 1.82) is 0 Å². The maximum Gasteiger partial charge on any atom is 0.290 e. The molecule has 1 saturated heterocycles. The van der Waals surface area contributed by atoms with E-state index >= 15 is 0 Å². The van der Waals surface area contributed by atoms with Gasteiger partial charge in [-0.25, -0.2) is 0 Å². The molecule has 2 aromatic carbocycles. The van der Waals surface area contributed by atoms with Gasteiger partial charge in [0.2, 0.25) is 0 Å². The summed E-state index contributed by atoms with van der Waals surface area (Å²) in [6, 6.07) is 12.3. The highest BCUT2D eigenvalue weighted by atomic mass is 79.9. The Balaban J connectivity index is 0.000000758. The summed E-state index contributed by atoms with van der Waals surface area (Å²) < 4.78 is 6.53. The molecule has 1 heterocycles. The standard InChI is InChI=1S/C18H19BrClNOS.CH2O2/c1-22-17-7-6-15(19)10-14(17)12-23-18-13(4-2-5-16(18)20)11-21-8-3-9-21;2-1-3/h2,4-7,10H,3,8-9,11-12H2,1H3;1H,(H,2,3). The normalized spacial score (nSPS) is 13.3. The molecule has 1 fully saturated rings. The first-order valence-electron chi connectivity index (χ1n) is 8.11. The Morgan fingerprint density at radius 3 is 2.65 bits per heavy atom. The van der Waals surface area contributed by atoms with Crippen LogP contribution in [0.4, 0.5) is 0 Å². The Hall–Kier alpha value is -1.21. The van der Waals surface area contributed by atoms with Gasteiger partial charge in [-0.15, -0.1) is 11.8 Å². The van der Waals surface area contributed by atoms with Crippen LogP contribution in [0.5, 0.6) is 5.75 Å². The molecule has 0 aliphatic carbocycles. The van der Waals surface area contributed by atoms with Crippen LogP contribution in [0.1, 0.15) is 17.5 Å². The molecule has 26 heavy (non-hydrogen) atoms. The second kappa shape index (κ2) is 10.8. The first-order valence-corrected chi connectivity index (χ1v) is 10.3. The molecule has 7 heteroatoms. The van der Waals surface area contributed by atoms with E-state index < -0.39 is 0 Å². The van der Waals surface area contributed by atoms with Gasteiger partial charge in [0.05, 0.1) is 12.1 Å². The number of halogens is 2. The van der Waals surface area contributed by atoms with Crippen LogP contribution in [0.2, 0.25) is 5.02 Å². The Labute approximate surface area is 171 Å². The molecule has 4 nitrogen and oxygen atoms in total. The van der Waals surface area contributed by atoms with Gasteiger partial charge in [-0.05, 0) is 49.3 Å². The summed E-state index contributed by atoms with van der Waals surface area (Å²) in [7, 11) is 1.71. The molecule has 3 rings (SSSR count). The number of nitrogens with zero attached hydrogens (tertiary/aromatic N) is 1. The fraction of sp³-hybridized carbons (Fsp3) is 0.316. The van der Waals surface area contributed by atoms with Gasteiger partial charge >= 0.3 is 0 Å². The monoisotopic (exact) mass is 457 g/mol. The highest BCUT2D eigenvalue weighted by Crippen LogP contribution is 2.36. The summed E-state index contributed by atoms with van der Waals surface area (Å²) >= 11 is 11.8. The van der Waals surface area contributed by atoms with Crippen molar-refractivity contribution >= 4 is 45.8 Å². The largest absolute Gasteiger partial charge is 0.496 e. The summed E-state index contributed by atoms with van der Waals surface area (Å²) in [6.45, 7) is 3.12. The van der Waals surface area contributed by atoms with E-state index in [9.17, 15) is 0 Å². The second-order valence-corrected chi connectivity index (χ2v) is 8.02. The van der Waals surface area contributed by atoms with Crippen LogP contribution in [0.3, 0.4) is 0 Å². The number of ether oxygens (including phenoxy) is 1. The van der Waals surface area contributed by atoms with Crippen LogP contribution in [-0.4, -0.2) is 36.7 Å². The maximum absolute atomic E-state index is 8.36. The zero-order valence-corrected chi connectivity index (χ0v) is 17.6. The van der Waals surface area contributed by atoms with Gasteiger partial charge < -0.3 is 9.84 Å². The minimum Gasteiger partial charge on any atom is -0.496 e. The first-order chi connectivity index (χ1) is 12.6. The third kappa shape index (κ3) is 5.91. The molecule has 0 bridgehead atoms. The van der Waals surface area contributed by atoms with E-state index in [1.54, 1.807) is 18.9 Å². The molecule has 0 saturated carbocycles. The van der Waals surface area contributed by atoms with Crippen molar-refractivity contribution in [1.82, 2.24) is 4.90 Å². The van der Waals surface area contributed by atoms with Crippen LogP contribution in [0.15, 0.2) is 45.8 Å². The van der Waals surface area contributed by atoms with Gasteiger partial charge in [0.25, 0.3) is 6.47 Å². The molecule has 0 aromatic heterocycles. The third-order valence-corrected chi connectivity index (χ3v) is 6.15. The molecule has 0 radical (unpaired) electrons. The lowest BCUT2D eigenvalue weighted by atomic mass is 10.1. The summed E-state index contributed by atoms with van der Waals surface area (Å²) in [4.78, 5) is 12.0. The number of rotatable bonds is 6. The zero-order chi connectivity index (χ0) is 18.9. The molecule has 1 N–H and O–H groups in total. The Morgan fingerprint density at radius 2 is 2.04 bits per heavy atom. The van der Waals surface area contributed by atoms with Gasteiger partial charge in [-0.2, -0.15) is 0 Å². The third-order valence-electron chi connectivity index (χ3n) is 4.01. The molecule has 2 aromatic rings. The molecular formula is C19H21BrClNO3S. The zero-order valence-electron chi connectivity index (χ0n) is 14.5. The number of hydrogen-bond acceptors (Lipinski definition) is 4. The average molecular weight is 459 g/mol. The van der Waals surface area contributed by atoms with E-state index in [0.717, 1.165) is 27.5 Å². The van der Waals surface area contributed by atoms with E-state index in [0.29, 0.717) is 0 Å². The molecule has 0 unspecified atom stereocenters. The lowest BCUT2D eigenvalue weighted by Gasteiger charge is -2.31. The Kier molecular flexibility index (Phi) is 8.78. The van der Waals surface area contributed by atoms with E-state index in [1.165, 1.54) is 35.5 Å². The highest BCUT2D eigenvalue weighted by Gasteiger charge is 2.17. The van der Waals surface area contributed by atoms with Gasteiger partial charge in [0.15, 0.2) is 0 Å². The van der Waals surface area contributed by atoms with Crippen molar-refractivity contribution in [2.75, 3.05) is 20.2 Å². The van der Waals surface area contributed by atoms with Crippen LogP contribution < -0.4 is 4.74 Å². The van der Waals surface area contributed by atoms with E-state index in [1.807, 2.05) is 24.3 Å². The topological polar surface area (TPSA) is 49.8 Å². The van der Waals surface area contributed by atoms with Crippen LogP contribution in [-0.2, 0) is 17.1 Å². The van der Waals surface area contributed by atoms with Crippen LogP contribution in [0, 0.1) is 0 Å². The SMILES string of the molecule is COc1ccc(Br)cc1CSc1c(Cl)cccc1CN1CCC1.O=CO. The lowest BCUT2D eigenvalue weighted by molar-refractivity contribution is -0.122. The smallest absolute Gasteiger partial charge is 0.290 e. The summed E-state index contributed by atoms with van der Waals surface area (Å²) in [5, 5.41) is 7.72. The van der Waals surface area contributed by atoms with Crippen molar-refractivity contribution < 1.29 is 14.6 Å². The summed E-state index contributed by atoms with van der Waals surface area (Å²) in [5.41, 5.74) is 2.48. The van der Waals surface area contributed by atoms with Gasteiger partial charge in [-0.1, -0.05) is 39.7 Å². The quantitative estimate of drug-likeness (QED) is 0.469. The van der Waals surface area contributed by atoms with Crippen LogP contribution >= 0.6 is 39.3 Å². The lowest BCUT2D eigenvalue weighted by Crippen LogP contribution is -2.36. The van der Waals surface area contributed by atoms with Crippen molar-refractivity contribution in [3.05, 3.63) is 57.0 Å². The Bertz CT molecular complexity index is 741. The number of likely N-dealkylation sites (tertiary alicyclic amines) is 1. The van der Waals surface area contributed by atoms with E-state index in [-0.39, 0.29) is 6.47 Å². The predicted octanol–water partition coefficient (Wildman–Crippen LogP) is 5.31. The van der Waals surface area contributed by atoms with Crippen molar-refractivity contribution in [2.24, 2.45) is 0 Å². The van der Waals surface area contributed by atoms with Gasteiger partial charge in [-0.3, -0.25) is 9.69 Å². The molecule has 0 spiro atoms. The Morgan fingerprint density at radius 1 is 1.31 bits per heavy atom. The fourth-order valence-electron chi connectivity index (χ4n) is 2.63. The fourth-order valence-corrected chi connectivity index (χ4v) is 4.45. The molecule has 0 atom stereocenters. The molecule has 140 valence electrons. The second-order valence-electron chi connectivity index (χ2n) is 5.71. The number of hydrogen-bond donors (Lipinski definition) is 1. The molecule has 1 aliphatic heterocycles. The number of methoxy groups -OCH3 is 1. The average Bonchev–Trinajstić information content (AvgIpc) is 2.58. The number of benzene rings is 2. The van der Waals surface area contributed by atoms with E-state index in [2.05, 4.69) is 33.0 Å². The van der Waals surface area contributed by atoms with E-state index in [4.69, 9.17) is 26.2 Å². The minimum absolute atomic E-state index is 0.250. The molecule has 1 aliphatic rings. The van der Waals surface area contributed by atoms with Crippen molar-refractivity contribution in [3.63, 3.8) is 0 Å². The van der Waals surface area contributed by atoms with Gasteiger partial charge in [0.1, 0.15) is 5.75 Å². The first kappa shape index (κ1) is 21.1. The van der Waals surface area contributed by atoms with Crippen LogP contribution in [0.25, 0.3) is 0 Å². The predicted molar refractivity (Wildman–Crippen MR) is 110 cm³/mol. The number of carboxylic acid groups (broad SMARTS) is 1. The molecule has 0 amide bonds. The number of thioether (sulfide) groups is 1. The minimum atomic E-state index is -0.250. The van der Waals surface area contributed by atoms with Crippen molar-refractivity contribution in [3.8, 4) is 5.75 Å². The maximum atomic E-state index is 8.36. The van der Waals surface area contributed by atoms with Gasteiger partial charge in [0, 0.05) is 27.2 Å². The summed E-state index contributed by atoms with van der Waals surface area (Å²) in [5.74, 6) is 1.75. The van der Waals surface area contributed by atoms with Crippen molar-refractivity contribution in [2.45, 2.75) is 23.6 Å².